The Morgan fingerprint density at radius 3 is 1.85 bits per heavy atom. The minimum absolute atomic E-state index is 0.0604. The minimum atomic E-state index is -3.86. The highest BCUT2D eigenvalue weighted by Crippen LogP contribution is 2.29. The second-order valence-electron chi connectivity index (χ2n) is 12.5. The zero-order chi connectivity index (χ0) is 30.2. The van der Waals surface area contributed by atoms with Crippen LogP contribution in [0.5, 0.6) is 0 Å². The lowest BCUT2D eigenvalue weighted by atomic mass is 10.1. The Labute approximate surface area is 243 Å². The van der Waals surface area contributed by atoms with Gasteiger partial charge >= 0.3 is 0 Å². The molecule has 0 aromatic heterocycles. The molecule has 230 valence electrons. The summed E-state index contributed by atoms with van der Waals surface area (Å²) in [4.78, 5) is 12.4. The number of hydrogen-bond donors (Lipinski definition) is 2. The fourth-order valence-electron chi connectivity index (χ4n) is 4.82. The fraction of sp³-hybridized carbons (Fsp3) is 0.960. The maximum absolute atomic E-state index is 12.6. The van der Waals surface area contributed by atoms with E-state index < -0.39 is 44.1 Å². The molecule has 0 aliphatic heterocycles. The fourth-order valence-corrected chi connectivity index (χ4v) is 24.5. The quantitative estimate of drug-likeness (QED) is 0.0661. The van der Waals surface area contributed by atoms with E-state index in [1.54, 1.807) is 0 Å². The third-order valence-corrected chi connectivity index (χ3v) is 23.0. The number of rotatable bonds is 24. The second-order valence-corrected chi connectivity index (χ2v) is 28.4. The van der Waals surface area contributed by atoms with E-state index in [4.69, 9.17) is 8.67 Å². The third kappa shape index (κ3) is 22.1. The van der Waals surface area contributed by atoms with Crippen LogP contribution in [-0.4, -0.2) is 96.8 Å². The molecule has 0 bridgehead atoms. The smallest absolute Gasteiger partial charge is 0.275 e. The number of carbonyl (C=O) groups is 1. The highest BCUT2D eigenvalue weighted by atomic mass is 32.2. The Bertz CT molecular complexity index is 847. The molecular formula is C25H57N2O7SSi4+. The van der Waals surface area contributed by atoms with Crippen molar-refractivity contribution in [2.45, 2.75) is 114 Å². The molecule has 39 heavy (non-hydrogen) atoms. The van der Waals surface area contributed by atoms with E-state index in [2.05, 4.69) is 39.1 Å². The van der Waals surface area contributed by atoms with Crippen LogP contribution >= 0.6 is 0 Å². The average Bonchev–Trinajstić information content (AvgIpc) is 2.79. The Morgan fingerprint density at radius 2 is 1.38 bits per heavy atom. The van der Waals surface area contributed by atoms with E-state index in [1.807, 2.05) is 13.8 Å². The van der Waals surface area contributed by atoms with Crippen LogP contribution in [0.15, 0.2) is 0 Å². The Kier molecular flexibility index (Phi) is 18.9. The molecule has 0 aromatic carbocycles. The van der Waals surface area contributed by atoms with Crippen LogP contribution in [0.3, 0.4) is 0 Å². The first-order chi connectivity index (χ1) is 17.9. The Morgan fingerprint density at radius 1 is 0.872 bits per heavy atom. The molecule has 14 heteroatoms. The van der Waals surface area contributed by atoms with Crippen molar-refractivity contribution in [3.8, 4) is 0 Å². The number of nitrogens with zero attached hydrogens (tertiary/aromatic N) is 1. The standard InChI is InChI=1S/C25H56N2O7SSi4/c1-8-36(32)23-39(24-37(33)9-2,34-38(5,6)7)22-16-18-26-25(28)17-12-10-13-19-27(3,4)20-14-11-15-21-35(29,30)31/h8-24H2,1-7H3,(H-,26,28,29,30,31)/p+1. The van der Waals surface area contributed by atoms with Gasteiger partial charge in [0.2, 0.25) is 5.91 Å². The summed E-state index contributed by atoms with van der Waals surface area (Å²) in [7, 11) is -7.31. The van der Waals surface area contributed by atoms with Crippen molar-refractivity contribution in [3.63, 3.8) is 0 Å². The minimum Gasteiger partial charge on any atom is -0.455 e. The van der Waals surface area contributed by atoms with Crippen LogP contribution in [0.2, 0.25) is 49.1 Å². The highest BCUT2D eigenvalue weighted by Gasteiger charge is 2.42. The molecule has 0 spiro atoms. The summed E-state index contributed by atoms with van der Waals surface area (Å²) >= 11 is 0. The van der Waals surface area contributed by atoms with Gasteiger partial charge in [0.1, 0.15) is 0 Å². The molecule has 0 fully saturated rings. The summed E-state index contributed by atoms with van der Waals surface area (Å²) in [5, 5.41) is 3.05. The van der Waals surface area contributed by atoms with Gasteiger partial charge in [-0.15, -0.1) is 0 Å². The lowest BCUT2D eigenvalue weighted by molar-refractivity contribution is -0.890. The molecule has 0 radical (unpaired) electrons. The van der Waals surface area contributed by atoms with Gasteiger partial charge in [0.05, 0.1) is 32.9 Å². The average molecular weight is 642 g/mol. The van der Waals surface area contributed by atoms with Gasteiger partial charge in [-0.05, 0) is 82.7 Å². The Balaban J connectivity index is 4.46. The number of nitrogens with one attached hydrogen (secondary N) is 1. The zero-order valence-electron chi connectivity index (χ0n) is 25.8. The summed E-state index contributed by atoms with van der Waals surface area (Å²) in [6, 6.07) is 2.12. The first kappa shape index (κ1) is 38.8. The predicted octanol–water partition coefficient (Wildman–Crippen LogP) is 4.95. The third-order valence-electron chi connectivity index (χ3n) is 6.81. The topological polar surface area (TPSA) is 127 Å². The van der Waals surface area contributed by atoms with E-state index in [9.17, 15) is 22.1 Å². The van der Waals surface area contributed by atoms with Crippen LogP contribution in [0, 0.1) is 0 Å². The molecule has 0 unspecified atom stereocenters. The molecule has 0 rings (SSSR count). The molecule has 9 nitrogen and oxygen atoms in total. The zero-order valence-corrected chi connectivity index (χ0v) is 30.6. The van der Waals surface area contributed by atoms with E-state index in [1.165, 1.54) is 0 Å². The molecule has 1 amide bonds. The number of carbonyl (C=O) groups excluding carboxylic acids is 1. The van der Waals surface area contributed by atoms with Gasteiger partial charge in [0, 0.05) is 24.3 Å². The monoisotopic (exact) mass is 641 g/mol. The number of quaternary nitrogens is 1. The van der Waals surface area contributed by atoms with Gasteiger partial charge in [-0.1, -0.05) is 13.8 Å². The largest absolute Gasteiger partial charge is 0.455 e. The lowest BCUT2D eigenvalue weighted by Crippen LogP contribution is -2.50. The molecule has 0 aromatic rings. The molecule has 0 heterocycles. The second kappa shape index (κ2) is 19.1. The number of unbranched alkanes of at least 4 members (excludes halogenated alkanes) is 4. The van der Waals surface area contributed by atoms with Crippen molar-refractivity contribution in [2.75, 3.05) is 39.5 Å². The molecule has 0 saturated heterocycles. The number of amides is 1. The molecule has 0 aliphatic carbocycles. The molecule has 0 aliphatic rings. The molecule has 0 saturated carbocycles. The van der Waals surface area contributed by atoms with Gasteiger partial charge in [0.25, 0.3) is 27.5 Å². The first-order valence-corrected chi connectivity index (χ1v) is 25.9. The Hall–Kier alpha value is -0.232. The van der Waals surface area contributed by atoms with Crippen molar-refractivity contribution in [3.05, 3.63) is 0 Å². The van der Waals surface area contributed by atoms with Crippen molar-refractivity contribution in [1.82, 2.24) is 5.32 Å². The van der Waals surface area contributed by atoms with Gasteiger partial charge in [-0.25, -0.2) is 0 Å². The summed E-state index contributed by atoms with van der Waals surface area (Å²) in [5.74, 6) is -0.108. The van der Waals surface area contributed by atoms with Gasteiger partial charge in [-0.3, -0.25) is 9.35 Å². The molecular weight excluding hydrogens is 585 g/mol. The van der Waals surface area contributed by atoms with E-state index >= 15 is 0 Å². The molecule has 2 N–H and O–H groups in total. The lowest BCUT2D eigenvalue weighted by Gasteiger charge is -2.37. The number of hydrogen-bond acceptors (Lipinski definition) is 6. The highest BCUT2D eigenvalue weighted by molar-refractivity contribution is 7.85. The van der Waals surface area contributed by atoms with Crippen molar-refractivity contribution in [2.24, 2.45) is 0 Å². The van der Waals surface area contributed by atoms with Crippen molar-refractivity contribution < 1.29 is 35.3 Å². The van der Waals surface area contributed by atoms with Crippen molar-refractivity contribution >= 4 is 50.0 Å². The molecule has 0 atom stereocenters. The van der Waals surface area contributed by atoms with Crippen LogP contribution in [0.25, 0.3) is 0 Å². The first-order valence-electron chi connectivity index (χ1n) is 14.7. The SMILES string of the molecule is CC[Si](=O)C[Si](CCCNC(=O)CCCCC[N+](C)(C)CCCCCS(=O)(=O)O)(C[Si](=O)CC)O[Si](C)(C)C. The normalized spacial score (nSPS) is 12.9. The predicted molar refractivity (Wildman–Crippen MR) is 167 cm³/mol. The summed E-state index contributed by atoms with van der Waals surface area (Å²) < 4.78 is 63.2. The maximum atomic E-state index is 12.6. The van der Waals surface area contributed by atoms with Gasteiger partial charge < -0.3 is 22.8 Å². The van der Waals surface area contributed by atoms with Gasteiger partial charge in [0.15, 0.2) is 16.6 Å². The van der Waals surface area contributed by atoms with E-state index in [-0.39, 0.29) is 11.7 Å². The summed E-state index contributed by atoms with van der Waals surface area (Å²) in [5.41, 5.74) is 1.23. The van der Waals surface area contributed by atoms with Crippen LogP contribution in [0.1, 0.15) is 65.2 Å². The van der Waals surface area contributed by atoms with Gasteiger partial charge in [-0.2, -0.15) is 8.42 Å². The van der Waals surface area contributed by atoms with Crippen LogP contribution in [0.4, 0.5) is 0 Å². The van der Waals surface area contributed by atoms with Crippen molar-refractivity contribution in [1.29, 1.82) is 0 Å². The summed E-state index contributed by atoms with van der Waals surface area (Å²) in [6.45, 7) is 12.9. The maximum Gasteiger partial charge on any atom is 0.275 e. The van der Waals surface area contributed by atoms with E-state index in [0.29, 0.717) is 42.8 Å². The summed E-state index contributed by atoms with van der Waals surface area (Å²) in [6.07, 6.45) is 6.32. The van der Waals surface area contributed by atoms with Crippen LogP contribution in [-0.2, 0) is 28.0 Å². The van der Waals surface area contributed by atoms with Crippen LogP contribution < -0.4 is 5.32 Å². The van der Waals surface area contributed by atoms with E-state index in [0.717, 1.165) is 62.1 Å².